The van der Waals surface area contributed by atoms with Crippen LogP contribution in [0.5, 0.6) is 11.5 Å². The number of hydrogen-bond donors (Lipinski definition) is 2. The fourth-order valence-electron chi connectivity index (χ4n) is 2.06. The summed E-state index contributed by atoms with van der Waals surface area (Å²) < 4.78 is 10.5. The van der Waals surface area contributed by atoms with Gasteiger partial charge in [-0.15, -0.1) is 11.8 Å². The highest BCUT2D eigenvalue weighted by molar-refractivity contribution is 8.00. The van der Waals surface area contributed by atoms with Crippen LogP contribution in [0.1, 0.15) is 11.4 Å². The van der Waals surface area contributed by atoms with Gasteiger partial charge in [-0.05, 0) is 26.0 Å². The summed E-state index contributed by atoms with van der Waals surface area (Å²) in [6.07, 6.45) is 0. The highest BCUT2D eigenvalue weighted by Gasteiger charge is 2.15. The Hall–Kier alpha value is -2.15. The Bertz CT molecular complexity index is 665. The van der Waals surface area contributed by atoms with Gasteiger partial charge < -0.3 is 14.8 Å². The minimum atomic E-state index is -0.0705. The molecule has 0 aliphatic carbocycles. The van der Waals surface area contributed by atoms with E-state index in [1.165, 1.54) is 11.8 Å². The van der Waals surface area contributed by atoms with E-state index in [9.17, 15) is 4.79 Å². The lowest BCUT2D eigenvalue weighted by atomic mass is 10.3. The number of fused-ring (bicyclic) bond motifs is 1. The standard InChI is InChI=1S/C14H15N3O3S/c1-8-14(9(2)17-16-8)21-6-13(18)15-10-3-4-11-12(5-10)20-7-19-11/h3-5H,6-7H2,1-2H3,(H,15,18)(H,16,17). The van der Waals surface area contributed by atoms with E-state index in [1.807, 2.05) is 13.8 Å². The molecular formula is C14H15N3O3S. The van der Waals surface area contributed by atoms with Crippen LogP contribution in [0.3, 0.4) is 0 Å². The molecule has 110 valence electrons. The molecule has 0 bridgehead atoms. The number of H-pyrrole nitrogens is 1. The lowest BCUT2D eigenvalue weighted by molar-refractivity contribution is -0.113. The van der Waals surface area contributed by atoms with E-state index >= 15 is 0 Å². The van der Waals surface area contributed by atoms with E-state index in [1.54, 1.807) is 18.2 Å². The van der Waals surface area contributed by atoms with Gasteiger partial charge in [0.1, 0.15) is 0 Å². The Balaban J connectivity index is 1.59. The lowest BCUT2D eigenvalue weighted by Gasteiger charge is -2.06. The Morgan fingerprint density at radius 3 is 2.95 bits per heavy atom. The first kappa shape index (κ1) is 13.8. The van der Waals surface area contributed by atoms with Crippen LogP contribution in [0, 0.1) is 13.8 Å². The van der Waals surface area contributed by atoms with Gasteiger partial charge in [-0.1, -0.05) is 0 Å². The topological polar surface area (TPSA) is 76.2 Å². The summed E-state index contributed by atoms with van der Waals surface area (Å²) in [6.45, 7) is 4.08. The molecule has 2 aromatic rings. The van der Waals surface area contributed by atoms with E-state index in [2.05, 4.69) is 15.5 Å². The van der Waals surface area contributed by atoms with Crippen LogP contribution in [0.4, 0.5) is 5.69 Å². The molecule has 0 saturated heterocycles. The van der Waals surface area contributed by atoms with E-state index < -0.39 is 0 Å². The Kier molecular flexibility index (Phi) is 3.74. The van der Waals surface area contributed by atoms with Gasteiger partial charge >= 0.3 is 0 Å². The van der Waals surface area contributed by atoms with E-state index in [0.717, 1.165) is 16.3 Å². The molecule has 0 spiro atoms. The predicted octanol–water partition coefficient (Wildman–Crippen LogP) is 2.49. The van der Waals surface area contributed by atoms with Crippen LogP contribution < -0.4 is 14.8 Å². The lowest BCUT2D eigenvalue weighted by Crippen LogP contribution is -2.14. The number of carbonyl (C=O) groups excluding carboxylic acids is 1. The maximum atomic E-state index is 12.0. The summed E-state index contributed by atoms with van der Waals surface area (Å²) in [6, 6.07) is 5.35. The number of rotatable bonds is 4. The fraction of sp³-hybridized carbons (Fsp3) is 0.286. The largest absolute Gasteiger partial charge is 0.454 e. The molecule has 1 aromatic carbocycles. The van der Waals surface area contributed by atoms with Gasteiger partial charge in [-0.25, -0.2) is 0 Å². The van der Waals surface area contributed by atoms with Gasteiger partial charge in [0, 0.05) is 17.4 Å². The first-order valence-corrected chi connectivity index (χ1v) is 7.46. The van der Waals surface area contributed by atoms with Crippen molar-refractivity contribution in [3.63, 3.8) is 0 Å². The van der Waals surface area contributed by atoms with Crippen LogP contribution in [0.2, 0.25) is 0 Å². The molecule has 0 atom stereocenters. The van der Waals surface area contributed by atoms with E-state index in [-0.39, 0.29) is 12.7 Å². The van der Waals surface area contributed by atoms with Crippen molar-refractivity contribution >= 4 is 23.4 Å². The third kappa shape index (κ3) is 2.97. The zero-order valence-electron chi connectivity index (χ0n) is 11.7. The second kappa shape index (κ2) is 5.69. The van der Waals surface area contributed by atoms with Crippen molar-refractivity contribution in [1.82, 2.24) is 10.2 Å². The minimum Gasteiger partial charge on any atom is -0.454 e. The molecule has 3 rings (SSSR count). The van der Waals surface area contributed by atoms with Crippen molar-refractivity contribution in [2.24, 2.45) is 0 Å². The zero-order chi connectivity index (χ0) is 14.8. The summed E-state index contributed by atoms with van der Waals surface area (Å²) in [5.41, 5.74) is 2.59. The van der Waals surface area contributed by atoms with Crippen LogP contribution in [0.15, 0.2) is 23.1 Å². The summed E-state index contributed by atoms with van der Waals surface area (Å²) in [4.78, 5) is 13.0. The van der Waals surface area contributed by atoms with Crippen LogP contribution in [-0.4, -0.2) is 28.7 Å². The summed E-state index contributed by atoms with van der Waals surface area (Å²) >= 11 is 1.47. The molecule has 1 aromatic heterocycles. The summed E-state index contributed by atoms with van der Waals surface area (Å²) in [7, 11) is 0. The maximum Gasteiger partial charge on any atom is 0.234 e. The number of anilines is 1. The smallest absolute Gasteiger partial charge is 0.234 e. The monoisotopic (exact) mass is 305 g/mol. The van der Waals surface area contributed by atoms with E-state index in [0.29, 0.717) is 22.9 Å². The second-order valence-electron chi connectivity index (χ2n) is 4.67. The van der Waals surface area contributed by atoms with Gasteiger partial charge in [-0.3, -0.25) is 9.89 Å². The molecule has 2 N–H and O–H groups in total. The van der Waals surface area contributed by atoms with Gasteiger partial charge in [0.05, 0.1) is 16.3 Å². The summed E-state index contributed by atoms with van der Waals surface area (Å²) in [5.74, 6) is 1.61. The molecule has 2 heterocycles. The second-order valence-corrected chi connectivity index (χ2v) is 5.65. The van der Waals surface area contributed by atoms with Crippen molar-refractivity contribution in [3.05, 3.63) is 29.6 Å². The molecule has 1 amide bonds. The number of nitrogens with zero attached hydrogens (tertiary/aromatic N) is 1. The van der Waals surface area contributed by atoms with Crippen molar-refractivity contribution < 1.29 is 14.3 Å². The maximum absolute atomic E-state index is 12.0. The van der Waals surface area contributed by atoms with Gasteiger partial charge in [0.15, 0.2) is 11.5 Å². The van der Waals surface area contributed by atoms with Crippen molar-refractivity contribution in [3.8, 4) is 11.5 Å². The SMILES string of the molecule is Cc1n[nH]c(C)c1SCC(=O)Nc1ccc2c(c1)OCO2. The number of amides is 1. The Morgan fingerprint density at radius 1 is 1.38 bits per heavy atom. The number of aromatic nitrogens is 2. The van der Waals surface area contributed by atoms with Crippen molar-refractivity contribution in [2.75, 3.05) is 17.9 Å². The molecule has 1 aliphatic heterocycles. The molecule has 1 aliphatic rings. The molecule has 0 fully saturated rings. The number of ether oxygens (including phenoxy) is 2. The van der Waals surface area contributed by atoms with E-state index in [4.69, 9.17) is 9.47 Å². The number of hydrogen-bond acceptors (Lipinski definition) is 5. The number of thioether (sulfide) groups is 1. The average molecular weight is 305 g/mol. The number of benzene rings is 1. The van der Waals surface area contributed by atoms with Crippen LogP contribution in [0.25, 0.3) is 0 Å². The Morgan fingerprint density at radius 2 is 2.19 bits per heavy atom. The van der Waals surface area contributed by atoms with Crippen LogP contribution in [-0.2, 0) is 4.79 Å². The zero-order valence-corrected chi connectivity index (χ0v) is 12.5. The normalized spacial score (nSPS) is 12.5. The van der Waals surface area contributed by atoms with Crippen molar-refractivity contribution in [2.45, 2.75) is 18.7 Å². The molecule has 7 heteroatoms. The number of aryl methyl sites for hydroxylation is 2. The molecule has 0 unspecified atom stereocenters. The van der Waals surface area contributed by atoms with Gasteiger partial charge in [0.2, 0.25) is 12.7 Å². The number of carbonyl (C=O) groups is 1. The molecule has 0 radical (unpaired) electrons. The number of aromatic amines is 1. The average Bonchev–Trinajstić information content (AvgIpc) is 3.04. The summed E-state index contributed by atoms with van der Waals surface area (Å²) in [5, 5.41) is 9.86. The molecule has 21 heavy (non-hydrogen) atoms. The Labute approximate surface area is 126 Å². The highest BCUT2D eigenvalue weighted by atomic mass is 32.2. The first-order chi connectivity index (χ1) is 10.1. The molecular weight excluding hydrogens is 290 g/mol. The third-order valence-corrected chi connectivity index (χ3v) is 4.36. The third-order valence-electron chi connectivity index (χ3n) is 3.06. The predicted molar refractivity (Wildman–Crippen MR) is 80.0 cm³/mol. The minimum absolute atomic E-state index is 0.0705. The number of nitrogens with one attached hydrogen (secondary N) is 2. The highest BCUT2D eigenvalue weighted by Crippen LogP contribution is 2.34. The quantitative estimate of drug-likeness (QED) is 0.849. The molecule has 6 nitrogen and oxygen atoms in total. The van der Waals surface area contributed by atoms with Gasteiger partial charge in [0.25, 0.3) is 0 Å². The first-order valence-electron chi connectivity index (χ1n) is 6.47. The van der Waals surface area contributed by atoms with Crippen molar-refractivity contribution in [1.29, 1.82) is 0 Å². The van der Waals surface area contributed by atoms with Gasteiger partial charge in [-0.2, -0.15) is 5.10 Å². The fourth-order valence-corrected chi connectivity index (χ4v) is 2.93. The molecule has 0 saturated carbocycles. The van der Waals surface area contributed by atoms with Crippen LogP contribution >= 0.6 is 11.8 Å².